The Kier molecular flexibility index (Phi) is 5.03. The Morgan fingerprint density at radius 3 is 2.71 bits per heavy atom. The summed E-state index contributed by atoms with van der Waals surface area (Å²) in [6.45, 7) is 0.910. The van der Waals surface area contributed by atoms with Crippen LogP contribution in [-0.2, 0) is 9.53 Å². The fourth-order valence-corrected chi connectivity index (χ4v) is 2.74. The number of anilines is 1. The van der Waals surface area contributed by atoms with Crippen LogP contribution in [0, 0.1) is 5.41 Å². The third-order valence-electron chi connectivity index (χ3n) is 3.67. The number of ether oxygens (including phenoxy) is 2. The molecule has 1 fully saturated rings. The Morgan fingerprint density at radius 2 is 2.14 bits per heavy atom. The SMILES string of the molecule is COc1ccc(Cl)c(NC(=O)C2(C(N)=S)CCOCC2)c1. The van der Waals surface area contributed by atoms with E-state index in [-0.39, 0.29) is 10.9 Å². The fourth-order valence-electron chi connectivity index (χ4n) is 2.27. The summed E-state index contributed by atoms with van der Waals surface area (Å²) in [5.41, 5.74) is 5.39. The Bertz CT molecular complexity index is 559. The van der Waals surface area contributed by atoms with E-state index in [1.54, 1.807) is 25.3 Å². The predicted octanol–water partition coefficient (Wildman–Crippen LogP) is 2.37. The average Bonchev–Trinajstić information content (AvgIpc) is 2.49. The molecule has 0 unspecified atom stereocenters. The van der Waals surface area contributed by atoms with E-state index in [2.05, 4.69) is 5.32 Å². The summed E-state index contributed by atoms with van der Waals surface area (Å²) in [5.74, 6) is 0.347. The maximum Gasteiger partial charge on any atom is 0.237 e. The van der Waals surface area contributed by atoms with Crippen molar-refractivity contribution in [2.24, 2.45) is 11.1 Å². The molecule has 21 heavy (non-hydrogen) atoms. The van der Waals surface area contributed by atoms with Gasteiger partial charge in [-0.1, -0.05) is 23.8 Å². The molecule has 0 radical (unpaired) electrons. The van der Waals surface area contributed by atoms with E-state index in [0.29, 0.717) is 42.5 Å². The monoisotopic (exact) mass is 328 g/mol. The smallest absolute Gasteiger partial charge is 0.237 e. The molecule has 7 heteroatoms. The van der Waals surface area contributed by atoms with Crippen molar-refractivity contribution in [1.29, 1.82) is 0 Å². The number of carbonyl (C=O) groups excluding carboxylic acids is 1. The molecule has 1 heterocycles. The Labute approximate surface area is 133 Å². The van der Waals surface area contributed by atoms with E-state index in [0.717, 1.165) is 0 Å². The molecule has 0 aromatic heterocycles. The number of amides is 1. The van der Waals surface area contributed by atoms with E-state index in [1.807, 2.05) is 0 Å². The number of thiocarbonyl (C=S) groups is 1. The zero-order chi connectivity index (χ0) is 15.5. The summed E-state index contributed by atoms with van der Waals surface area (Å²) in [6.07, 6.45) is 0.936. The number of hydrogen-bond donors (Lipinski definition) is 2. The molecule has 114 valence electrons. The number of methoxy groups -OCH3 is 1. The van der Waals surface area contributed by atoms with Crippen LogP contribution in [0.5, 0.6) is 5.75 Å². The minimum Gasteiger partial charge on any atom is -0.497 e. The van der Waals surface area contributed by atoms with Gasteiger partial charge in [0.25, 0.3) is 0 Å². The zero-order valence-corrected chi connectivity index (χ0v) is 13.2. The van der Waals surface area contributed by atoms with Gasteiger partial charge in [0, 0.05) is 19.3 Å². The summed E-state index contributed by atoms with van der Waals surface area (Å²) in [4.78, 5) is 12.8. The predicted molar refractivity (Wildman–Crippen MR) is 85.9 cm³/mol. The topological polar surface area (TPSA) is 73.6 Å². The summed E-state index contributed by atoms with van der Waals surface area (Å²) in [5, 5.41) is 3.23. The highest BCUT2D eigenvalue weighted by molar-refractivity contribution is 7.80. The van der Waals surface area contributed by atoms with Gasteiger partial charge in [-0.3, -0.25) is 4.79 Å². The van der Waals surface area contributed by atoms with Gasteiger partial charge < -0.3 is 20.5 Å². The van der Waals surface area contributed by atoms with E-state index >= 15 is 0 Å². The van der Waals surface area contributed by atoms with Gasteiger partial charge in [0.15, 0.2) is 0 Å². The molecule has 1 aromatic rings. The van der Waals surface area contributed by atoms with Crippen molar-refractivity contribution in [2.75, 3.05) is 25.6 Å². The lowest BCUT2D eigenvalue weighted by Gasteiger charge is -2.34. The highest BCUT2D eigenvalue weighted by Gasteiger charge is 2.43. The van der Waals surface area contributed by atoms with Crippen LogP contribution in [0.1, 0.15) is 12.8 Å². The lowest BCUT2D eigenvalue weighted by Crippen LogP contribution is -2.49. The average molecular weight is 329 g/mol. The molecule has 0 bridgehead atoms. The number of hydrogen-bond acceptors (Lipinski definition) is 4. The van der Waals surface area contributed by atoms with Gasteiger partial charge in [-0.2, -0.15) is 0 Å². The van der Waals surface area contributed by atoms with Crippen LogP contribution in [0.15, 0.2) is 18.2 Å². The minimum absolute atomic E-state index is 0.183. The number of rotatable bonds is 4. The summed E-state index contributed by atoms with van der Waals surface area (Å²) >= 11 is 11.2. The molecule has 1 aliphatic rings. The van der Waals surface area contributed by atoms with Crippen molar-refractivity contribution in [3.8, 4) is 5.75 Å². The van der Waals surface area contributed by atoms with Crippen molar-refractivity contribution in [2.45, 2.75) is 12.8 Å². The van der Waals surface area contributed by atoms with Crippen molar-refractivity contribution in [1.82, 2.24) is 0 Å². The van der Waals surface area contributed by atoms with Gasteiger partial charge in [0.1, 0.15) is 11.2 Å². The van der Waals surface area contributed by atoms with Crippen molar-refractivity contribution < 1.29 is 14.3 Å². The molecule has 1 aromatic carbocycles. The number of nitrogens with two attached hydrogens (primary N) is 1. The third kappa shape index (κ3) is 3.28. The van der Waals surface area contributed by atoms with Crippen molar-refractivity contribution in [3.63, 3.8) is 0 Å². The van der Waals surface area contributed by atoms with Crippen LogP contribution in [-0.4, -0.2) is 31.2 Å². The van der Waals surface area contributed by atoms with Gasteiger partial charge >= 0.3 is 0 Å². The van der Waals surface area contributed by atoms with Crippen molar-refractivity contribution in [3.05, 3.63) is 23.2 Å². The second-order valence-corrected chi connectivity index (χ2v) is 5.71. The number of carbonyl (C=O) groups is 1. The first-order valence-electron chi connectivity index (χ1n) is 6.52. The first-order valence-corrected chi connectivity index (χ1v) is 7.31. The fraction of sp³-hybridized carbons (Fsp3) is 0.429. The van der Waals surface area contributed by atoms with Gasteiger partial charge in [0.2, 0.25) is 5.91 Å². The molecular weight excluding hydrogens is 312 g/mol. The van der Waals surface area contributed by atoms with Crippen LogP contribution in [0.3, 0.4) is 0 Å². The maximum atomic E-state index is 12.6. The summed E-state index contributed by atoms with van der Waals surface area (Å²) in [7, 11) is 1.55. The largest absolute Gasteiger partial charge is 0.497 e. The molecular formula is C14H17ClN2O3S. The molecule has 0 aliphatic carbocycles. The van der Waals surface area contributed by atoms with E-state index in [1.165, 1.54) is 0 Å². The maximum absolute atomic E-state index is 12.6. The van der Waals surface area contributed by atoms with E-state index in [9.17, 15) is 4.79 Å². The Morgan fingerprint density at radius 1 is 1.48 bits per heavy atom. The normalized spacial score (nSPS) is 17.0. The molecule has 1 amide bonds. The quantitative estimate of drug-likeness (QED) is 0.830. The minimum atomic E-state index is -0.889. The second kappa shape index (κ2) is 6.60. The number of halogens is 1. The van der Waals surface area contributed by atoms with Crippen LogP contribution in [0.25, 0.3) is 0 Å². The molecule has 5 nitrogen and oxygen atoms in total. The third-order valence-corrected chi connectivity index (χ3v) is 4.39. The molecule has 1 saturated heterocycles. The lowest BCUT2D eigenvalue weighted by atomic mass is 9.79. The first-order chi connectivity index (χ1) is 9.99. The van der Waals surface area contributed by atoms with Gasteiger partial charge in [-0.15, -0.1) is 0 Å². The van der Waals surface area contributed by atoms with Crippen LogP contribution < -0.4 is 15.8 Å². The van der Waals surface area contributed by atoms with Gasteiger partial charge in [0.05, 0.1) is 22.8 Å². The number of benzene rings is 1. The zero-order valence-electron chi connectivity index (χ0n) is 11.6. The molecule has 2 rings (SSSR count). The molecule has 1 aliphatic heterocycles. The van der Waals surface area contributed by atoms with Crippen LogP contribution in [0.4, 0.5) is 5.69 Å². The van der Waals surface area contributed by atoms with E-state index < -0.39 is 5.41 Å². The Hall–Kier alpha value is -1.37. The highest BCUT2D eigenvalue weighted by atomic mass is 35.5. The summed E-state index contributed by atoms with van der Waals surface area (Å²) in [6, 6.07) is 5.04. The van der Waals surface area contributed by atoms with Crippen molar-refractivity contribution >= 4 is 40.4 Å². The molecule has 0 spiro atoms. The lowest BCUT2D eigenvalue weighted by molar-refractivity contribution is -0.126. The highest BCUT2D eigenvalue weighted by Crippen LogP contribution is 2.34. The van der Waals surface area contributed by atoms with Crippen LogP contribution >= 0.6 is 23.8 Å². The molecule has 0 saturated carbocycles. The van der Waals surface area contributed by atoms with E-state index in [4.69, 9.17) is 39.0 Å². The Balaban J connectivity index is 2.25. The first kappa shape index (κ1) is 16.0. The van der Waals surface area contributed by atoms with Gasteiger partial charge in [-0.25, -0.2) is 0 Å². The van der Waals surface area contributed by atoms with Crippen LogP contribution in [0.2, 0.25) is 5.02 Å². The van der Waals surface area contributed by atoms with Gasteiger partial charge in [-0.05, 0) is 25.0 Å². The standard InChI is InChI=1S/C14H17ClN2O3S/c1-19-9-2-3-10(15)11(8-9)17-13(18)14(12(16)21)4-6-20-7-5-14/h2-3,8H,4-7H2,1H3,(H2,16,21)(H,17,18). The number of nitrogens with one attached hydrogen (secondary N) is 1. The second-order valence-electron chi connectivity index (χ2n) is 4.86. The molecule has 3 N–H and O–H groups in total. The molecule has 0 atom stereocenters. The summed E-state index contributed by atoms with van der Waals surface area (Å²) < 4.78 is 10.4.